The van der Waals surface area contributed by atoms with Crippen molar-refractivity contribution in [2.45, 2.75) is 57.7 Å². The van der Waals surface area contributed by atoms with E-state index in [1.807, 2.05) is 6.92 Å². The van der Waals surface area contributed by atoms with E-state index < -0.39 is 36.0 Å². The Labute approximate surface area is 116 Å². The summed E-state index contributed by atoms with van der Waals surface area (Å²) in [6.45, 7) is 3.57. The monoisotopic (exact) mass is 294 g/mol. The van der Waals surface area contributed by atoms with Crippen LogP contribution in [0.5, 0.6) is 0 Å². The molecule has 3 unspecified atom stereocenters. The smallest absolute Gasteiger partial charge is 0.342 e. The van der Waals surface area contributed by atoms with Crippen LogP contribution < -0.4 is 0 Å². The van der Waals surface area contributed by atoms with Crippen molar-refractivity contribution in [3.05, 3.63) is 0 Å². The summed E-state index contributed by atoms with van der Waals surface area (Å²) in [6, 6.07) is 0. The molecule has 0 amide bonds. The molecule has 0 aliphatic rings. The van der Waals surface area contributed by atoms with Gasteiger partial charge in [0.2, 0.25) is 0 Å². The fraction of sp³-hybridized carbons (Fsp3) is 0.833. The number of hydrogen-bond acceptors (Lipinski definition) is 7. The lowest BCUT2D eigenvalue weighted by atomic mass is 9.96. The van der Waals surface area contributed by atoms with Crippen LogP contribution in [0.15, 0.2) is 0 Å². The molecule has 0 saturated heterocycles. The topological polar surface area (TPSA) is 145 Å². The van der Waals surface area contributed by atoms with E-state index in [1.165, 1.54) is 0 Å². The number of esters is 1. The van der Waals surface area contributed by atoms with Crippen molar-refractivity contribution in [1.82, 2.24) is 0 Å². The predicted molar refractivity (Wildman–Crippen MR) is 66.2 cm³/mol. The van der Waals surface area contributed by atoms with Gasteiger partial charge in [0.1, 0.15) is 0 Å². The molecule has 0 spiro atoms. The van der Waals surface area contributed by atoms with Gasteiger partial charge in [-0.05, 0) is 12.8 Å². The highest BCUT2D eigenvalue weighted by Crippen LogP contribution is 2.26. The van der Waals surface area contributed by atoms with Gasteiger partial charge in [-0.25, -0.2) is 9.59 Å². The van der Waals surface area contributed by atoms with Crippen LogP contribution in [-0.2, 0) is 14.3 Å². The maximum Gasteiger partial charge on any atom is 0.342 e. The van der Waals surface area contributed by atoms with Gasteiger partial charge in [0.05, 0.1) is 5.92 Å². The number of carboxylic acids is 1. The molecule has 0 radical (unpaired) electrons. The lowest BCUT2D eigenvalue weighted by Crippen LogP contribution is -2.48. The number of unbranched alkanes of at least 4 members (excludes halogenated alkanes) is 1. The van der Waals surface area contributed by atoms with E-state index in [9.17, 15) is 24.9 Å². The number of hydrogen-bond donors (Lipinski definition) is 5. The van der Waals surface area contributed by atoms with Crippen molar-refractivity contribution in [1.29, 1.82) is 0 Å². The van der Waals surface area contributed by atoms with Gasteiger partial charge in [0, 0.05) is 0 Å². The lowest BCUT2D eigenvalue weighted by Gasteiger charge is -2.30. The second-order valence-electron chi connectivity index (χ2n) is 4.56. The third kappa shape index (κ3) is 5.41. The Hall–Kier alpha value is -1.22. The van der Waals surface area contributed by atoms with Gasteiger partial charge >= 0.3 is 17.9 Å². The maximum atomic E-state index is 11.4. The van der Waals surface area contributed by atoms with Gasteiger partial charge in [-0.3, -0.25) is 0 Å². The second kappa shape index (κ2) is 8.15. The van der Waals surface area contributed by atoms with Gasteiger partial charge < -0.3 is 30.3 Å². The first kappa shape index (κ1) is 18.8. The van der Waals surface area contributed by atoms with Crippen molar-refractivity contribution in [3.63, 3.8) is 0 Å². The molecule has 0 fully saturated rings. The Kier molecular flexibility index (Phi) is 7.66. The Bertz CT molecular complexity index is 327. The third-order valence-electron chi connectivity index (χ3n) is 2.98. The van der Waals surface area contributed by atoms with Crippen LogP contribution in [0.4, 0.5) is 0 Å². The van der Waals surface area contributed by atoms with Crippen molar-refractivity contribution >= 4 is 11.9 Å². The van der Waals surface area contributed by atoms with E-state index in [1.54, 1.807) is 6.92 Å². The number of rotatable bonds is 9. The van der Waals surface area contributed by atoms with Gasteiger partial charge in [-0.1, -0.05) is 26.7 Å². The molecule has 0 rings (SSSR count). The van der Waals surface area contributed by atoms with Crippen molar-refractivity contribution in [2.75, 3.05) is 0 Å². The van der Waals surface area contributed by atoms with Crippen LogP contribution >= 0.6 is 0 Å². The standard InChI is InChI=1S/C12H22O8/c1-3-5-6-7(4-2)12(18,19)20-11(17)9(14)8(13)10(15)16/h7-9,13-14,18-19H,3-6H2,1-2H3,(H,15,16). The molecule has 3 atom stereocenters. The first-order valence-electron chi connectivity index (χ1n) is 6.43. The molecule has 118 valence electrons. The molecule has 0 aliphatic carbocycles. The molecule has 0 aromatic heterocycles. The molecule has 0 aromatic rings. The highest BCUT2D eigenvalue weighted by molar-refractivity contribution is 5.84. The summed E-state index contributed by atoms with van der Waals surface area (Å²) in [6.07, 6.45) is -2.62. The van der Waals surface area contributed by atoms with E-state index >= 15 is 0 Å². The fourth-order valence-corrected chi connectivity index (χ4v) is 1.66. The first-order chi connectivity index (χ1) is 9.17. The van der Waals surface area contributed by atoms with Crippen LogP contribution in [0.2, 0.25) is 0 Å². The third-order valence-corrected chi connectivity index (χ3v) is 2.98. The van der Waals surface area contributed by atoms with E-state index in [-0.39, 0.29) is 0 Å². The van der Waals surface area contributed by atoms with Crippen LogP contribution in [0.1, 0.15) is 39.5 Å². The normalized spacial score (nSPS) is 16.3. The lowest BCUT2D eigenvalue weighted by molar-refractivity contribution is -0.351. The van der Waals surface area contributed by atoms with Crippen LogP contribution in [0, 0.1) is 5.92 Å². The van der Waals surface area contributed by atoms with Crippen molar-refractivity contribution in [3.8, 4) is 0 Å². The molecule has 0 saturated carbocycles. The number of carbonyl (C=O) groups is 2. The van der Waals surface area contributed by atoms with Crippen molar-refractivity contribution in [2.24, 2.45) is 5.92 Å². The van der Waals surface area contributed by atoms with E-state index in [2.05, 4.69) is 4.74 Å². The van der Waals surface area contributed by atoms with Crippen LogP contribution in [0.3, 0.4) is 0 Å². The summed E-state index contributed by atoms with van der Waals surface area (Å²) < 4.78 is 4.32. The number of aliphatic hydroxyl groups excluding tert-OH is 2. The average molecular weight is 294 g/mol. The highest BCUT2D eigenvalue weighted by Gasteiger charge is 2.41. The molecule has 8 heteroatoms. The number of carboxylic acid groups (broad SMARTS) is 1. The Balaban J connectivity index is 4.71. The SMILES string of the molecule is CCCCC(CC)C(O)(O)OC(=O)C(O)C(O)C(=O)O. The quantitative estimate of drug-likeness (QED) is 0.274. The summed E-state index contributed by atoms with van der Waals surface area (Å²) in [5.41, 5.74) is 0. The molecule has 20 heavy (non-hydrogen) atoms. The molecule has 8 nitrogen and oxygen atoms in total. The molecule has 0 aliphatic heterocycles. The fourth-order valence-electron chi connectivity index (χ4n) is 1.66. The summed E-state index contributed by atoms with van der Waals surface area (Å²) >= 11 is 0. The average Bonchev–Trinajstić information content (AvgIpc) is 2.36. The molecular weight excluding hydrogens is 272 g/mol. The minimum absolute atomic E-state index is 0.303. The highest BCUT2D eigenvalue weighted by atomic mass is 16.8. The van der Waals surface area contributed by atoms with Gasteiger partial charge in [-0.2, -0.15) is 0 Å². The second-order valence-corrected chi connectivity index (χ2v) is 4.56. The van der Waals surface area contributed by atoms with Crippen molar-refractivity contribution < 1.29 is 39.9 Å². The Morgan fingerprint density at radius 3 is 2.10 bits per heavy atom. The predicted octanol–water partition coefficient (Wildman–Crippen LogP) is -0.809. The zero-order valence-electron chi connectivity index (χ0n) is 11.5. The Morgan fingerprint density at radius 1 is 1.15 bits per heavy atom. The minimum atomic E-state index is -2.82. The summed E-state index contributed by atoms with van der Waals surface area (Å²) in [5.74, 6) is -7.03. The van der Waals surface area contributed by atoms with Gasteiger partial charge in [-0.15, -0.1) is 0 Å². The zero-order chi connectivity index (χ0) is 15.9. The molecule has 0 aromatic carbocycles. The van der Waals surface area contributed by atoms with E-state index in [0.717, 1.165) is 6.42 Å². The first-order valence-corrected chi connectivity index (χ1v) is 6.43. The van der Waals surface area contributed by atoms with Crippen LogP contribution in [-0.4, -0.2) is 55.7 Å². The minimum Gasteiger partial charge on any atom is -0.479 e. The molecular formula is C12H22O8. The van der Waals surface area contributed by atoms with Crippen LogP contribution in [0.25, 0.3) is 0 Å². The zero-order valence-corrected chi connectivity index (χ0v) is 11.5. The number of ether oxygens (including phenoxy) is 1. The molecule has 0 bridgehead atoms. The number of aliphatic hydroxyl groups is 4. The van der Waals surface area contributed by atoms with Gasteiger partial charge in [0.15, 0.2) is 12.2 Å². The van der Waals surface area contributed by atoms with E-state index in [0.29, 0.717) is 19.3 Å². The number of carbonyl (C=O) groups excluding carboxylic acids is 1. The number of aliphatic carboxylic acids is 1. The van der Waals surface area contributed by atoms with E-state index in [4.69, 9.17) is 10.2 Å². The summed E-state index contributed by atoms with van der Waals surface area (Å²) in [5, 5.41) is 46.1. The summed E-state index contributed by atoms with van der Waals surface area (Å²) in [7, 11) is 0. The summed E-state index contributed by atoms with van der Waals surface area (Å²) in [4.78, 5) is 21.8. The Morgan fingerprint density at radius 2 is 1.70 bits per heavy atom. The largest absolute Gasteiger partial charge is 0.479 e. The maximum absolute atomic E-state index is 11.4. The van der Waals surface area contributed by atoms with Gasteiger partial charge in [0.25, 0.3) is 0 Å². The molecule has 5 N–H and O–H groups in total. The molecule has 0 heterocycles.